The lowest BCUT2D eigenvalue weighted by molar-refractivity contribution is -0.139. The summed E-state index contributed by atoms with van der Waals surface area (Å²) < 4.78 is 10.8. The topological polar surface area (TPSA) is 96.5 Å². The first kappa shape index (κ1) is 14.4. The van der Waals surface area contributed by atoms with Crippen molar-refractivity contribution in [2.75, 3.05) is 14.2 Å². The Morgan fingerprint density at radius 1 is 1.36 bits per heavy atom. The first-order valence-corrected chi connectivity index (χ1v) is 6.87. The number of fused-ring (bicyclic) bond motifs is 1. The minimum Gasteiger partial charge on any atom is -0.493 e. The average Bonchev–Trinajstić information content (AvgIpc) is 3.01. The third kappa shape index (κ3) is 2.29. The van der Waals surface area contributed by atoms with Crippen LogP contribution in [-0.2, 0) is 11.2 Å². The van der Waals surface area contributed by atoms with Crippen molar-refractivity contribution in [3.8, 4) is 11.5 Å². The molecular formula is C15H17N3O4. The molecule has 0 bridgehead atoms. The van der Waals surface area contributed by atoms with E-state index >= 15 is 0 Å². The van der Waals surface area contributed by atoms with Gasteiger partial charge in [-0.25, -0.2) is 4.98 Å². The van der Waals surface area contributed by atoms with Gasteiger partial charge in [-0.15, -0.1) is 0 Å². The highest BCUT2D eigenvalue weighted by Gasteiger charge is 2.35. The van der Waals surface area contributed by atoms with Gasteiger partial charge < -0.3 is 19.6 Å². The first-order valence-electron chi connectivity index (χ1n) is 6.87. The van der Waals surface area contributed by atoms with Crippen LogP contribution in [0.15, 0.2) is 24.5 Å². The molecule has 0 saturated carbocycles. The van der Waals surface area contributed by atoms with Crippen molar-refractivity contribution in [3.05, 3.63) is 41.5 Å². The van der Waals surface area contributed by atoms with Crippen molar-refractivity contribution in [2.24, 2.45) is 0 Å². The zero-order valence-electron chi connectivity index (χ0n) is 12.3. The van der Waals surface area contributed by atoms with Gasteiger partial charge in [-0.3, -0.25) is 10.1 Å². The molecule has 1 aromatic carbocycles. The number of carbonyl (C=O) groups is 1. The Kier molecular flexibility index (Phi) is 3.72. The summed E-state index contributed by atoms with van der Waals surface area (Å²) in [6, 6.07) is 4.46. The van der Waals surface area contributed by atoms with Gasteiger partial charge in [0.1, 0.15) is 6.04 Å². The normalized spacial score (nSPS) is 20.3. The molecule has 0 amide bonds. The number of hydrogen-bond acceptors (Lipinski definition) is 5. The Balaban J connectivity index is 2.10. The molecule has 0 saturated heterocycles. The van der Waals surface area contributed by atoms with Crippen LogP contribution in [0.2, 0.25) is 0 Å². The number of methoxy groups -OCH3 is 2. The van der Waals surface area contributed by atoms with Crippen LogP contribution in [0, 0.1) is 0 Å². The number of nitrogens with zero attached hydrogens (tertiary/aromatic N) is 1. The predicted octanol–water partition coefficient (Wildman–Crippen LogP) is 1.12. The van der Waals surface area contributed by atoms with Crippen molar-refractivity contribution >= 4 is 5.97 Å². The molecule has 1 aromatic heterocycles. The quantitative estimate of drug-likeness (QED) is 0.783. The van der Waals surface area contributed by atoms with E-state index in [1.54, 1.807) is 26.6 Å². The molecule has 2 atom stereocenters. The number of ether oxygens (including phenoxy) is 2. The highest BCUT2D eigenvalue weighted by Crippen LogP contribution is 2.39. The van der Waals surface area contributed by atoms with E-state index < -0.39 is 12.0 Å². The molecular weight excluding hydrogens is 286 g/mol. The van der Waals surface area contributed by atoms with E-state index in [1.165, 1.54) is 0 Å². The first-order chi connectivity index (χ1) is 10.7. The zero-order chi connectivity index (χ0) is 15.7. The van der Waals surface area contributed by atoms with E-state index in [2.05, 4.69) is 15.3 Å². The van der Waals surface area contributed by atoms with Crippen LogP contribution < -0.4 is 14.8 Å². The third-order valence-corrected chi connectivity index (χ3v) is 3.84. The number of para-hydroxylation sites is 1. The van der Waals surface area contributed by atoms with E-state index in [0.29, 0.717) is 17.9 Å². The van der Waals surface area contributed by atoms with Crippen molar-refractivity contribution < 1.29 is 19.4 Å². The second-order valence-corrected chi connectivity index (χ2v) is 5.04. The van der Waals surface area contributed by atoms with Crippen molar-refractivity contribution in [1.29, 1.82) is 0 Å². The second-order valence-electron chi connectivity index (χ2n) is 5.04. The minimum absolute atomic E-state index is 0.369. The fraction of sp³-hybridized carbons (Fsp3) is 0.333. The molecule has 2 heterocycles. The van der Waals surface area contributed by atoms with Crippen LogP contribution in [0.25, 0.3) is 0 Å². The molecule has 0 fully saturated rings. The molecule has 1 aliphatic heterocycles. The number of hydrogen-bond donors (Lipinski definition) is 3. The molecule has 7 heteroatoms. The van der Waals surface area contributed by atoms with Gasteiger partial charge in [0.05, 0.1) is 32.3 Å². The van der Waals surface area contributed by atoms with E-state index in [9.17, 15) is 9.90 Å². The zero-order valence-corrected chi connectivity index (χ0v) is 12.3. The van der Waals surface area contributed by atoms with Gasteiger partial charge in [0.15, 0.2) is 11.5 Å². The SMILES string of the molecule is COc1cccc(C2NC(C(=O)O)Cc3[nH]cnc32)c1OC. The number of aromatic amines is 1. The maximum Gasteiger partial charge on any atom is 0.321 e. The number of aromatic nitrogens is 2. The molecule has 3 N–H and O–H groups in total. The highest BCUT2D eigenvalue weighted by atomic mass is 16.5. The molecule has 7 nitrogen and oxygen atoms in total. The van der Waals surface area contributed by atoms with E-state index in [4.69, 9.17) is 9.47 Å². The monoisotopic (exact) mass is 303 g/mol. The highest BCUT2D eigenvalue weighted by molar-refractivity contribution is 5.74. The summed E-state index contributed by atoms with van der Waals surface area (Å²) in [5.41, 5.74) is 2.39. The Hall–Kier alpha value is -2.54. The Bertz CT molecular complexity index is 698. The number of nitrogens with one attached hydrogen (secondary N) is 2. The molecule has 0 radical (unpaired) electrons. The van der Waals surface area contributed by atoms with E-state index in [1.807, 2.05) is 12.1 Å². The number of benzene rings is 1. The molecule has 3 rings (SSSR count). The minimum atomic E-state index is -0.896. The van der Waals surface area contributed by atoms with Gasteiger partial charge in [0, 0.05) is 17.7 Å². The molecule has 2 aromatic rings. The molecule has 1 aliphatic rings. The van der Waals surface area contributed by atoms with Gasteiger partial charge in [-0.1, -0.05) is 12.1 Å². The van der Waals surface area contributed by atoms with Crippen molar-refractivity contribution in [3.63, 3.8) is 0 Å². The third-order valence-electron chi connectivity index (χ3n) is 3.84. The molecule has 116 valence electrons. The van der Waals surface area contributed by atoms with Gasteiger partial charge >= 0.3 is 5.97 Å². The predicted molar refractivity (Wildman–Crippen MR) is 78.2 cm³/mol. The number of carboxylic acid groups (broad SMARTS) is 1. The fourth-order valence-electron chi connectivity index (χ4n) is 2.82. The molecule has 0 spiro atoms. The number of H-pyrrole nitrogens is 1. The number of rotatable bonds is 4. The van der Waals surface area contributed by atoms with Gasteiger partial charge in [-0.2, -0.15) is 0 Å². The lowest BCUT2D eigenvalue weighted by Crippen LogP contribution is -2.45. The summed E-state index contributed by atoms with van der Waals surface area (Å²) in [5, 5.41) is 12.5. The van der Waals surface area contributed by atoms with Crippen LogP contribution >= 0.6 is 0 Å². The summed E-state index contributed by atoms with van der Waals surface area (Å²) >= 11 is 0. The molecule has 2 unspecified atom stereocenters. The van der Waals surface area contributed by atoms with Gasteiger partial charge in [0.25, 0.3) is 0 Å². The molecule has 22 heavy (non-hydrogen) atoms. The smallest absolute Gasteiger partial charge is 0.321 e. The fourth-order valence-corrected chi connectivity index (χ4v) is 2.82. The summed E-state index contributed by atoms with van der Waals surface area (Å²) in [4.78, 5) is 18.7. The number of carboxylic acids is 1. The summed E-state index contributed by atoms with van der Waals surface area (Å²) in [5.74, 6) is 0.269. The summed E-state index contributed by atoms with van der Waals surface area (Å²) in [6.45, 7) is 0. The largest absolute Gasteiger partial charge is 0.493 e. The van der Waals surface area contributed by atoms with E-state index in [-0.39, 0.29) is 6.04 Å². The standard InChI is InChI=1S/C15H17N3O4/c1-21-11-5-3-4-8(14(11)22-2)12-13-9(16-7-17-13)6-10(18-12)15(19)20/h3-5,7,10,12,18H,6H2,1-2H3,(H,16,17)(H,19,20). The summed E-state index contributed by atoms with van der Waals surface area (Å²) in [6.07, 6.45) is 1.95. The van der Waals surface area contributed by atoms with Crippen LogP contribution in [0.1, 0.15) is 23.0 Å². The number of aliphatic carboxylic acids is 1. The lowest BCUT2D eigenvalue weighted by atomic mass is 9.93. The van der Waals surface area contributed by atoms with E-state index in [0.717, 1.165) is 17.0 Å². The molecule has 0 aliphatic carbocycles. The van der Waals surface area contributed by atoms with Crippen LogP contribution in [0.3, 0.4) is 0 Å². The Morgan fingerprint density at radius 3 is 2.86 bits per heavy atom. The van der Waals surface area contributed by atoms with Crippen molar-refractivity contribution in [1.82, 2.24) is 15.3 Å². The van der Waals surface area contributed by atoms with Crippen LogP contribution in [0.4, 0.5) is 0 Å². The maximum atomic E-state index is 11.4. The Labute approximate surface area is 127 Å². The maximum absolute atomic E-state index is 11.4. The lowest BCUT2D eigenvalue weighted by Gasteiger charge is -2.29. The van der Waals surface area contributed by atoms with Crippen LogP contribution in [0.5, 0.6) is 11.5 Å². The van der Waals surface area contributed by atoms with Gasteiger partial charge in [0.2, 0.25) is 0 Å². The average molecular weight is 303 g/mol. The summed E-state index contributed by atoms with van der Waals surface area (Å²) in [7, 11) is 3.13. The van der Waals surface area contributed by atoms with Crippen molar-refractivity contribution in [2.45, 2.75) is 18.5 Å². The number of imidazole rings is 1. The van der Waals surface area contributed by atoms with Crippen LogP contribution in [-0.4, -0.2) is 41.3 Å². The second kappa shape index (κ2) is 5.69. The Morgan fingerprint density at radius 2 is 2.18 bits per heavy atom. The van der Waals surface area contributed by atoms with Gasteiger partial charge in [-0.05, 0) is 6.07 Å².